The molecule has 6 nitrogen and oxygen atoms in total. The molecule has 1 aliphatic carbocycles. The number of carbonyl (C=O) groups excluding carboxylic acids is 2. The van der Waals surface area contributed by atoms with Gasteiger partial charge >= 0.3 is 5.97 Å². The maximum atomic E-state index is 13.0. The van der Waals surface area contributed by atoms with Crippen molar-refractivity contribution in [2.24, 2.45) is 0 Å². The Morgan fingerprint density at radius 2 is 2.07 bits per heavy atom. The van der Waals surface area contributed by atoms with Crippen molar-refractivity contribution in [1.82, 2.24) is 9.97 Å². The number of aromatic amines is 1. The number of ether oxygens (including phenoxy) is 1. The molecule has 0 aromatic carbocycles. The lowest BCUT2D eigenvalue weighted by atomic mass is 9.82. The molecular formula is C21H23ClN2O4. The summed E-state index contributed by atoms with van der Waals surface area (Å²) in [6.45, 7) is 1.84. The van der Waals surface area contributed by atoms with Crippen molar-refractivity contribution in [1.29, 1.82) is 0 Å². The highest BCUT2D eigenvalue weighted by Crippen LogP contribution is 2.35. The highest BCUT2D eigenvalue weighted by Gasteiger charge is 2.26. The van der Waals surface area contributed by atoms with Crippen LogP contribution in [0.1, 0.15) is 60.1 Å². The summed E-state index contributed by atoms with van der Waals surface area (Å²) in [6, 6.07) is 5.08. The second kappa shape index (κ2) is 9.17. The third-order valence-corrected chi connectivity index (χ3v) is 5.28. The van der Waals surface area contributed by atoms with Crippen LogP contribution in [0.15, 0.2) is 36.2 Å². The van der Waals surface area contributed by atoms with Crippen molar-refractivity contribution in [3.05, 3.63) is 58.1 Å². The maximum Gasteiger partial charge on any atom is 0.342 e. The van der Waals surface area contributed by atoms with Crippen molar-refractivity contribution in [3.63, 3.8) is 0 Å². The molecule has 0 unspecified atom stereocenters. The Morgan fingerprint density at radius 1 is 1.32 bits per heavy atom. The molecule has 0 saturated heterocycles. The Morgan fingerprint density at radius 3 is 2.75 bits per heavy atom. The lowest BCUT2D eigenvalue weighted by Crippen LogP contribution is -2.18. The molecule has 1 aliphatic rings. The van der Waals surface area contributed by atoms with Gasteiger partial charge in [0.2, 0.25) is 5.78 Å². The van der Waals surface area contributed by atoms with Crippen molar-refractivity contribution >= 4 is 29.4 Å². The van der Waals surface area contributed by atoms with Crippen LogP contribution in [0.4, 0.5) is 0 Å². The fourth-order valence-electron chi connectivity index (χ4n) is 3.53. The SMILES string of the molecule is CCOC(=O)C(=Cc1[nH]ccc1C1CCC(O)CC1)C(=O)c1cccnc1Cl. The van der Waals surface area contributed by atoms with Gasteiger partial charge in [0.05, 0.1) is 18.3 Å². The van der Waals surface area contributed by atoms with Crippen molar-refractivity contribution in [2.75, 3.05) is 6.61 Å². The zero-order chi connectivity index (χ0) is 20.1. The molecule has 28 heavy (non-hydrogen) atoms. The minimum Gasteiger partial charge on any atom is -0.462 e. The summed E-state index contributed by atoms with van der Waals surface area (Å²) >= 11 is 6.05. The predicted molar refractivity (Wildman–Crippen MR) is 106 cm³/mol. The van der Waals surface area contributed by atoms with E-state index in [0.717, 1.165) is 31.2 Å². The largest absolute Gasteiger partial charge is 0.462 e. The van der Waals surface area contributed by atoms with Gasteiger partial charge in [-0.1, -0.05) is 11.6 Å². The highest BCUT2D eigenvalue weighted by molar-refractivity contribution is 6.36. The number of nitrogens with zero attached hydrogens (tertiary/aromatic N) is 1. The van der Waals surface area contributed by atoms with Gasteiger partial charge in [0.1, 0.15) is 10.7 Å². The van der Waals surface area contributed by atoms with Crippen molar-refractivity contribution in [2.45, 2.75) is 44.6 Å². The van der Waals surface area contributed by atoms with E-state index < -0.39 is 11.8 Å². The zero-order valence-electron chi connectivity index (χ0n) is 15.7. The molecule has 2 aromatic heterocycles. The average molecular weight is 403 g/mol. The second-order valence-corrected chi connectivity index (χ2v) is 7.16. The van der Waals surface area contributed by atoms with E-state index in [2.05, 4.69) is 9.97 Å². The fourth-order valence-corrected chi connectivity index (χ4v) is 3.74. The first-order valence-electron chi connectivity index (χ1n) is 9.40. The Hall–Kier alpha value is -2.44. The first-order chi connectivity index (χ1) is 13.5. The normalized spacial score (nSPS) is 20.0. The van der Waals surface area contributed by atoms with E-state index in [1.807, 2.05) is 6.07 Å². The number of aliphatic hydroxyl groups excluding tert-OH is 1. The molecule has 7 heteroatoms. The first kappa shape index (κ1) is 20.3. The van der Waals surface area contributed by atoms with Gasteiger partial charge in [0, 0.05) is 18.1 Å². The van der Waals surface area contributed by atoms with Crippen LogP contribution in [0, 0.1) is 0 Å². The Balaban J connectivity index is 1.97. The van der Waals surface area contributed by atoms with Gasteiger partial charge in [-0.05, 0) is 68.4 Å². The number of Topliss-reactive ketones (excluding diaryl/α,β-unsaturated/α-hetero) is 1. The molecule has 0 atom stereocenters. The molecule has 0 radical (unpaired) electrons. The Bertz CT molecular complexity index is 882. The van der Waals surface area contributed by atoms with Crippen molar-refractivity contribution < 1.29 is 19.4 Å². The standard InChI is InChI=1S/C21H23ClN2O4/c1-2-28-21(27)17(19(26)16-4-3-10-24-20(16)22)12-18-15(9-11-23-18)13-5-7-14(25)8-6-13/h3-4,9-14,23,25H,2,5-8H2,1H3. The van der Waals surface area contributed by atoms with Gasteiger partial charge in [-0.3, -0.25) is 4.79 Å². The number of halogens is 1. The molecular weight excluding hydrogens is 380 g/mol. The van der Waals surface area contributed by atoms with Gasteiger partial charge in [-0.15, -0.1) is 0 Å². The fraction of sp³-hybridized carbons (Fsp3) is 0.381. The zero-order valence-corrected chi connectivity index (χ0v) is 16.4. The highest BCUT2D eigenvalue weighted by atomic mass is 35.5. The molecule has 0 amide bonds. The number of hydrogen-bond acceptors (Lipinski definition) is 5. The molecule has 1 saturated carbocycles. The van der Waals surface area contributed by atoms with Crippen LogP contribution in [-0.2, 0) is 9.53 Å². The Kier molecular flexibility index (Phi) is 6.65. The maximum absolute atomic E-state index is 13.0. The molecule has 1 fully saturated rings. The summed E-state index contributed by atoms with van der Waals surface area (Å²) < 4.78 is 5.10. The smallest absolute Gasteiger partial charge is 0.342 e. The number of H-pyrrole nitrogens is 1. The van der Waals surface area contributed by atoms with E-state index in [-0.39, 0.29) is 34.9 Å². The minimum absolute atomic E-state index is 0.0377. The topological polar surface area (TPSA) is 92.3 Å². The van der Waals surface area contributed by atoms with Gasteiger partial charge in [-0.25, -0.2) is 9.78 Å². The lowest BCUT2D eigenvalue weighted by molar-refractivity contribution is -0.137. The van der Waals surface area contributed by atoms with Crippen LogP contribution in [-0.4, -0.2) is 39.5 Å². The molecule has 148 valence electrons. The molecule has 0 spiro atoms. The molecule has 0 aliphatic heterocycles. The minimum atomic E-state index is -0.702. The van der Waals surface area contributed by atoms with Gasteiger partial charge in [-0.2, -0.15) is 0 Å². The van der Waals surface area contributed by atoms with Crippen LogP contribution >= 0.6 is 11.6 Å². The summed E-state index contributed by atoms with van der Waals surface area (Å²) in [7, 11) is 0. The predicted octanol–water partition coefficient (Wildman–Crippen LogP) is 3.91. The molecule has 3 rings (SSSR count). The van der Waals surface area contributed by atoms with E-state index in [1.165, 1.54) is 18.3 Å². The number of nitrogens with one attached hydrogen (secondary N) is 1. The van der Waals surface area contributed by atoms with E-state index in [0.29, 0.717) is 5.69 Å². The number of pyridine rings is 1. The Labute approximate surface area is 168 Å². The van der Waals surface area contributed by atoms with E-state index in [9.17, 15) is 14.7 Å². The number of rotatable bonds is 6. The molecule has 2 heterocycles. The summed E-state index contributed by atoms with van der Waals surface area (Å²) in [5.74, 6) is -0.968. The lowest BCUT2D eigenvalue weighted by Gasteiger charge is -2.25. The van der Waals surface area contributed by atoms with Crippen LogP contribution in [0.3, 0.4) is 0 Å². The third-order valence-electron chi connectivity index (χ3n) is 4.98. The monoisotopic (exact) mass is 402 g/mol. The van der Waals surface area contributed by atoms with Crippen LogP contribution in [0.25, 0.3) is 6.08 Å². The van der Waals surface area contributed by atoms with Crippen LogP contribution in [0.2, 0.25) is 5.15 Å². The summed E-state index contributed by atoms with van der Waals surface area (Å²) in [6.07, 6.45) is 7.75. The van der Waals surface area contributed by atoms with Crippen molar-refractivity contribution in [3.8, 4) is 0 Å². The number of esters is 1. The quantitative estimate of drug-likeness (QED) is 0.191. The van der Waals surface area contributed by atoms with Gasteiger partial charge in [0.15, 0.2) is 0 Å². The molecule has 2 aromatic rings. The molecule has 2 N–H and O–H groups in total. The van der Waals surface area contributed by atoms with Crippen LogP contribution < -0.4 is 0 Å². The number of ketones is 1. The number of hydrogen-bond donors (Lipinski definition) is 2. The van der Waals surface area contributed by atoms with Crippen LogP contribution in [0.5, 0.6) is 0 Å². The third kappa shape index (κ3) is 4.51. The summed E-state index contributed by atoms with van der Waals surface area (Å²) in [5, 5.41) is 9.79. The summed E-state index contributed by atoms with van der Waals surface area (Å²) in [5.41, 5.74) is 1.77. The van der Waals surface area contributed by atoms with Gasteiger partial charge in [0.25, 0.3) is 0 Å². The number of aromatic nitrogens is 2. The second-order valence-electron chi connectivity index (χ2n) is 6.80. The van der Waals surface area contributed by atoms with E-state index in [4.69, 9.17) is 16.3 Å². The average Bonchev–Trinajstić information content (AvgIpc) is 3.15. The summed E-state index contributed by atoms with van der Waals surface area (Å²) in [4.78, 5) is 32.5. The van der Waals surface area contributed by atoms with E-state index in [1.54, 1.807) is 19.2 Å². The number of aliphatic hydroxyl groups is 1. The number of carbonyl (C=O) groups is 2. The first-order valence-corrected chi connectivity index (χ1v) is 9.78. The van der Waals surface area contributed by atoms with Gasteiger partial charge < -0.3 is 14.8 Å². The van der Waals surface area contributed by atoms with E-state index >= 15 is 0 Å². The molecule has 0 bridgehead atoms.